The van der Waals surface area contributed by atoms with Crippen molar-refractivity contribution >= 4 is 17.8 Å². The molecule has 2 N–H and O–H groups in total. The van der Waals surface area contributed by atoms with Gasteiger partial charge in [0.05, 0.1) is 26.4 Å². The van der Waals surface area contributed by atoms with Gasteiger partial charge in [-0.05, 0) is 6.42 Å². The van der Waals surface area contributed by atoms with Gasteiger partial charge in [0.2, 0.25) is 5.91 Å². The van der Waals surface area contributed by atoms with Crippen molar-refractivity contribution in [3.05, 3.63) is 0 Å². The topological polar surface area (TPSA) is 120 Å². The van der Waals surface area contributed by atoms with Crippen LogP contribution >= 0.6 is 0 Å². The summed E-state index contributed by atoms with van der Waals surface area (Å²) in [4.78, 5) is 33.3. The molecule has 9 nitrogen and oxygen atoms in total. The Balaban J connectivity index is 3.23. The van der Waals surface area contributed by atoms with Crippen LogP contribution in [0.5, 0.6) is 0 Å². The molecular formula is C26H49NO8. The van der Waals surface area contributed by atoms with Gasteiger partial charge in [0.1, 0.15) is 19.8 Å². The number of carbonyl (C=O) groups excluding carboxylic acids is 2. The van der Waals surface area contributed by atoms with Crippen molar-refractivity contribution in [2.75, 3.05) is 52.8 Å². The normalized spacial score (nSPS) is 10.9. The molecule has 0 aliphatic heterocycles. The van der Waals surface area contributed by atoms with Crippen molar-refractivity contribution < 1.29 is 38.4 Å². The molecule has 0 radical (unpaired) electrons. The molecule has 206 valence electrons. The van der Waals surface area contributed by atoms with E-state index in [-0.39, 0.29) is 19.2 Å². The standard InChI is InChI=1S/C26H49NO8/c1-2-3-4-5-6-7-8-9-10-11-12-13-14-15-26(31)35-21-20-33-19-18-32-17-16-27-24(28)22-34-23-25(29)30/h2-23H2,1H3,(H,27,28)(H,29,30). The molecular weight excluding hydrogens is 454 g/mol. The maximum absolute atomic E-state index is 11.7. The monoisotopic (exact) mass is 503 g/mol. The van der Waals surface area contributed by atoms with Crippen molar-refractivity contribution in [2.24, 2.45) is 0 Å². The Kier molecular flexibility index (Phi) is 25.6. The van der Waals surface area contributed by atoms with Crippen molar-refractivity contribution in [3.8, 4) is 0 Å². The second kappa shape index (κ2) is 26.9. The van der Waals surface area contributed by atoms with Crippen molar-refractivity contribution in [1.29, 1.82) is 0 Å². The molecule has 0 aromatic rings. The van der Waals surface area contributed by atoms with E-state index in [0.29, 0.717) is 39.4 Å². The van der Waals surface area contributed by atoms with Gasteiger partial charge in [0, 0.05) is 13.0 Å². The number of amides is 1. The van der Waals surface area contributed by atoms with Crippen LogP contribution in [-0.4, -0.2) is 75.7 Å². The van der Waals surface area contributed by atoms with Gasteiger partial charge >= 0.3 is 11.9 Å². The third kappa shape index (κ3) is 28.4. The number of carboxylic acid groups (broad SMARTS) is 1. The van der Waals surface area contributed by atoms with Crippen LogP contribution in [0.1, 0.15) is 96.8 Å². The molecule has 0 aromatic carbocycles. The zero-order chi connectivity index (χ0) is 25.8. The number of unbranched alkanes of at least 4 members (excludes halogenated alkanes) is 12. The fourth-order valence-electron chi connectivity index (χ4n) is 3.44. The minimum absolute atomic E-state index is 0.170. The highest BCUT2D eigenvalue weighted by atomic mass is 16.6. The van der Waals surface area contributed by atoms with Gasteiger partial charge in [0.15, 0.2) is 0 Å². The molecule has 1 amide bonds. The first-order valence-corrected chi connectivity index (χ1v) is 13.4. The molecule has 0 rings (SSSR count). The smallest absolute Gasteiger partial charge is 0.329 e. The first-order chi connectivity index (χ1) is 17.1. The minimum atomic E-state index is -1.12. The molecule has 0 aliphatic carbocycles. The third-order valence-electron chi connectivity index (χ3n) is 5.37. The fraction of sp³-hybridized carbons (Fsp3) is 0.885. The Morgan fingerprint density at radius 2 is 1.14 bits per heavy atom. The lowest BCUT2D eigenvalue weighted by Gasteiger charge is -2.08. The van der Waals surface area contributed by atoms with Crippen LogP contribution in [0.25, 0.3) is 0 Å². The summed E-state index contributed by atoms with van der Waals surface area (Å²) in [6, 6.07) is 0. The summed E-state index contributed by atoms with van der Waals surface area (Å²) in [7, 11) is 0. The fourth-order valence-corrected chi connectivity index (χ4v) is 3.44. The van der Waals surface area contributed by atoms with E-state index in [2.05, 4.69) is 17.0 Å². The first-order valence-electron chi connectivity index (χ1n) is 13.4. The molecule has 0 saturated heterocycles. The molecule has 35 heavy (non-hydrogen) atoms. The summed E-state index contributed by atoms with van der Waals surface area (Å²) < 4.78 is 20.5. The van der Waals surface area contributed by atoms with E-state index in [9.17, 15) is 14.4 Å². The van der Waals surface area contributed by atoms with Crippen LogP contribution in [0.4, 0.5) is 0 Å². The summed E-state index contributed by atoms with van der Waals surface area (Å²) in [5, 5.41) is 10.9. The van der Waals surface area contributed by atoms with Gasteiger partial charge in [0.25, 0.3) is 0 Å². The van der Waals surface area contributed by atoms with Gasteiger partial charge in [-0.1, -0.05) is 84.0 Å². The number of aliphatic carboxylic acids is 1. The molecule has 0 spiro atoms. The van der Waals surface area contributed by atoms with Crippen LogP contribution < -0.4 is 5.32 Å². The highest BCUT2D eigenvalue weighted by Crippen LogP contribution is 2.13. The van der Waals surface area contributed by atoms with Crippen LogP contribution in [0, 0.1) is 0 Å². The predicted molar refractivity (Wildman–Crippen MR) is 134 cm³/mol. The second-order valence-corrected chi connectivity index (χ2v) is 8.67. The average molecular weight is 504 g/mol. The Morgan fingerprint density at radius 3 is 1.71 bits per heavy atom. The Hall–Kier alpha value is -1.71. The third-order valence-corrected chi connectivity index (χ3v) is 5.37. The maximum Gasteiger partial charge on any atom is 0.329 e. The van der Waals surface area contributed by atoms with Crippen LogP contribution in [0.3, 0.4) is 0 Å². The SMILES string of the molecule is CCCCCCCCCCCCCCCC(=O)OCCOCCOCCNC(=O)COCC(=O)O. The molecule has 0 bridgehead atoms. The van der Waals surface area contributed by atoms with E-state index in [1.54, 1.807) is 0 Å². The minimum Gasteiger partial charge on any atom is -0.480 e. The molecule has 0 heterocycles. The number of ether oxygens (including phenoxy) is 4. The van der Waals surface area contributed by atoms with E-state index in [1.807, 2.05) is 0 Å². The number of rotatable bonds is 27. The van der Waals surface area contributed by atoms with Gasteiger partial charge in [-0.15, -0.1) is 0 Å². The number of hydrogen-bond donors (Lipinski definition) is 2. The molecule has 0 aromatic heterocycles. The average Bonchev–Trinajstić information content (AvgIpc) is 2.83. The molecule has 0 unspecified atom stereocenters. The molecule has 0 atom stereocenters. The maximum atomic E-state index is 11.7. The van der Waals surface area contributed by atoms with Crippen molar-refractivity contribution in [1.82, 2.24) is 5.32 Å². The lowest BCUT2D eigenvalue weighted by atomic mass is 10.0. The lowest BCUT2D eigenvalue weighted by Crippen LogP contribution is -2.31. The van der Waals surface area contributed by atoms with Crippen molar-refractivity contribution in [3.63, 3.8) is 0 Å². The van der Waals surface area contributed by atoms with Gasteiger partial charge in [-0.2, -0.15) is 0 Å². The highest BCUT2D eigenvalue weighted by molar-refractivity contribution is 5.77. The largest absolute Gasteiger partial charge is 0.480 e. The number of nitrogens with one attached hydrogen (secondary N) is 1. The van der Waals surface area contributed by atoms with Crippen LogP contribution in [0.2, 0.25) is 0 Å². The molecule has 0 fully saturated rings. The highest BCUT2D eigenvalue weighted by Gasteiger charge is 2.04. The number of carboxylic acids is 1. The van der Waals surface area contributed by atoms with Gasteiger partial charge in [-0.25, -0.2) is 4.79 Å². The summed E-state index contributed by atoms with van der Waals surface area (Å²) >= 11 is 0. The summed E-state index contributed by atoms with van der Waals surface area (Å²) in [6.45, 7) is 3.35. The van der Waals surface area contributed by atoms with Crippen molar-refractivity contribution in [2.45, 2.75) is 96.8 Å². The molecule has 0 aliphatic rings. The number of esters is 1. The summed E-state index contributed by atoms with van der Waals surface area (Å²) in [5.74, 6) is -1.69. The van der Waals surface area contributed by atoms with E-state index >= 15 is 0 Å². The summed E-state index contributed by atoms with van der Waals surface area (Å²) in [5.41, 5.74) is 0. The van der Waals surface area contributed by atoms with E-state index in [4.69, 9.17) is 19.3 Å². The number of hydrogen-bond acceptors (Lipinski definition) is 7. The van der Waals surface area contributed by atoms with Gasteiger partial charge < -0.3 is 29.4 Å². The number of carbonyl (C=O) groups is 3. The Labute approximate surface area is 211 Å². The van der Waals surface area contributed by atoms with E-state index < -0.39 is 18.5 Å². The quantitative estimate of drug-likeness (QED) is 0.126. The zero-order valence-corrected chi connectivity index (χ0v) is 21.9. The Morgan fingerprint density at radius 1 is 0.629 bits per heavy atom. The first kappa shape index (κ1) is 33.3. The van der Waals surface area contributed by atoms with E-state index in [0.717, 1.165) is 12.8 Å². The molecule has 9 heteroatoms. The zero-order valence-electron chi connectivity index (χ0n) is 21.9. The summed E-state index contributed by atoms with van der Waals surface area (Å²) in [6.07, 6.45) is 17.1. The van der Waals surface area contributed by atoms with Gasteiger partial charge in [-0.3, -0.25) is 9.59 Å². The van der Waals surface area contributed by atoms with Crippen LogP contribution in [0.15, 0.2) is 0 Å². The Bertz CT molecular complexity index is 516. The molecule has 0 saturated carbocycles. The van der Waals surface area contributed by atoms with Crippen LogP contribution in [-0.2, 0) is 33.3 Å². The predicted octanol–water partition coefficient (Wildman–Crippen LogP) is 4.26. The second-order valence-electron chi connectivity index (χ2n) is 8.67. The lowest BCUT2D eigenvalue weighted by molar-refractivity contribution is -0.146. The van der Waals surface area contributed by atoms with E-state index in [1.165, 1.54) is 70.6 Å².